The van der Waals surface area contributed by atoms with Crippen LogP contribution in [-0.2, 0) is 0 Å². The molecule has 3 aromatic rings. The van der Waals surface area contributed by atoms with E-state index in [0.29, 0.717) is 51.3 Å². The topological polar surface area (TPSA) is 81.1 Å². The normalized spacial score (nSPS) is 10.8. The number of aromatic carboxylic acids is 1. The van der Waals surface area contributed by atoms with Crippen molar-refractivity contribution in [3.8, 4) is 39.6 Å². The first-order valence-corrected chi connectivity index (χ1v) is 10.8. The lowest BCUT2D eigenvalue weighted by Crippen LogP contribution is -2.15. The first kappa shape index (κ1) is 24.4. The third-order valence-electron chi connectivity index (χ3n) is 5.02. The zero-order valence-corrected chi connectivity index (χ0v) is 19.8. The minimum Gasteiger partial charge on any atom is -0.496 e. The lowest BCUT2D eigenvalue weighted by atomic mass is 9.97. The summed E-state index contributed by atoms with van der Waals surface area (Å²) in [5.74, 6) is 0.543. The highest BCUT2D eigenvalue weighted by Crippen LogP contribution is 2.43. The summed E-state index contributed by atoms with van der Waals surface area (Å²) in [7, 11) is 7.14. The van der Waals surface area contributed by atoms with Gasteiger partial charge >= 0.3 is 5.97 Å². The number of carboxylic acids is 1. The number of ether oxygens (including phenoxy) is 3. The van der Waals surface area contributed by atoms with Gasteiger partial charge in [-0.15, -0.1) is 0 Å². The van der Waals surface area contributed by atoms with Gasteiger partial charge in [0.05, 0.1) is 37.1 Å². The molecule has 0 amide bonds. The largest absolute Gasteiger partial charge is 0.496 e. The maximum absolute atomic E-state index is 11.7. The number of pyridine rings is 1. The van der Waals surface area contributed by atoms with Crippen LogP contribution in [0.1, 0.15) is 16.9 Å². The third kappa shape index (κ3) is 5.74. The molecule has 0 aliphatic rings. The molecule has 33 heavy (non-hydrogen) atoms. The Balaban J connectivity index is 2.12. The van der Waals surface area contributed by atoms with Crippen molar-refractivity contribution in [2.45, 2.75) is 6.42 Å². The van der Waals surface area contributed by atoms with Crippen LogP contribution in [0, 0.1) is 0 Å². The van der Waals surface area contributed by atoms with Crippen molar-refractivity contribution in [1.29, 1.82) is 0 Å². The highest BCUT2D eigenvalue weighted by atomic mass is 35.5. The summed E-state index contributed by atoms with van der Waals surface area (Å²) in [6.45, 7) is 1.38. The Morgan fingerprint density at radius 3 is 2.33 bits per heavy atom. The summed E-state index contributed by atoms with van der Waals surface area (Å²) < 4.78 is 17.0. The van der Waals surface area contributed by atoms with Crippen LogP contribution in [0.2, 0.25) is 5.02 Å². The summed E-state index contributed by atoms with van der Waals surface area (Å²) in [4.78, 5) is 18.2. The Kier molecular flexibility index (Phi) is 8.14. The second kappa shape index (κ2) is 11.0. The molecule has 1 heterocycles. The van der Waals surface area contributed by atoms with E-state index in [1.165, 1.54) is 6.07 Å². The fourth-order valence-corrected chi connectivity index (χ4v) is 3.61. The molecule has 0 unspecified atom stereocenters. The number of hydrogen-bond acceptors (Lipinski definition) is 6. The molecule has 0 aliphatic carbocycles. The number of benzene rings is 2. The number of halogens is 1. The van der Waals surface area contributed by atoms with Gasteiger partial charge in [-0.1, -0.05) is 23.7 Å². The molecule has 7 nitrogen and oxygen atoms in total. The Morgan fingerprint density at radius 2 is 1.73 bits per heavy atom. The highest BCUT2D eigenvalue weighted by molar-refractivity contribution is 6.32. The average molecular weight is 471 g/mol. The standard InChI is InChI=1S/C25H27ClN2O5/c1-28(2)13-6-14-33-22-15-16(9-11-18(22)26)24-17(10-12-19(27-24)25(29)30)23-20(31-3)7-5-8-21(23)32-4/h5,7-12,15H,6,13-14H2,1-4H3,(H,29,30). The second-order valence-corrected chi connectivity index (χ2v) is 7.99. The van der Waals surface area contributed by atoms with Gasteiger partial charge in [0, 0.05) is 17.7 Å². The van der Waals surface area contributed by atoms with Crippen molar-refractivity contribution in [2.75, 3.05) is 41.5 Å². The van der Waals surface area contributed by atoms with E-state index in [2.05, 4.69) is 9.88 Å². The van der Waals surface area contributed by atoms with E-state index in [1.54, 1.807) is 38.5 Å². The van der Waals surface area contributed by atoms with E-state index >= 15 is 0 Å². The molecule has 0 saturated heterocycles. The first-order chi connectivity index (χ1) is 15.8. The number of aromatic nitrogens is 1. The molecule has 0 saturated carbocycles. The van der Waals surface area contributed by atoms with Gasteiger partial charge in [-0.2, -0.15) is 0 Å². The lowest BCUT2D eigenvalue weighted by molar-refractivity contribution is 0.0690. The molecule has 1 N–H and O–H groups in total. The van der Waals surface area contributed by atoms with Gasteiger partial charge in [0.1, 0.15) is 22.9 Å². The Morgan fingerprint density at radius 1 is 1.03 bits per heavy atom. The first-order valence-electron chi connectivity index (χ1n) is 10.4. The lowest BCUT2D eigenvalue weighted by Gasteiger charge is -2.17. The molecule has 0 bridgehead atoms. The van der Waals surface area contributed by atoms with E-state index in [-0.39, 0.29) is 5.69 Å². The van der Waals surface area contributed by atoms with Crippen molar-refractivity contribution in [2.24, 2.45) is 0 Å². The minimum atomic E-state index is -1.12. The summed E-state index contributed by atoms with van der Waals surface area (Å²) in [6, 6.07) is 13.9. The van der Waals surface area contributed by atoms with Crippen LogP contribution in [0.15, 0.2) is 48.5 Å². The second-order valence-electron chi connectivity index (χ2n) is 7.59. The van der Waals surface area contributed by atoms with Crippen LogP contribution in [0.3, 0.4) is 0 Å². The molecule has 174 valence electrons. The van der Waals surface area contributed by atoms with Crippen molar-refractivity contribution >= 4 is 17.6 Å². The quantitative estimate of drug-likeness (QED) is 0.412. The Bertz CT molecular complexity index is 1110. The average Bonchev–Trinajstić information content (AvgIpc) is 2.81. The smallest absolute Gasteiger partial charge is 0.354 e. The number of methoxy groups -OCH3 is 2. The van der Waals surface area contributed by atoms with Gasteiger partial charge in [0.15, 0.2) is 0 Å². The number of hydrogen-bond donors (Lipinski definition) is 1. The van der Waals surface area contributed by atoms with Gasteiger partial charge in [-0.25, -0.2) is 9.78 Å². The van der Waals surface area contributed by atoms with Gasteiger partial charge in [-0.05, 0) is 56.9 Å². The molecular formula is C25H27ClN2O5. The number of carboxylic acid groups (broad SMARTS) is 1. The summed E-state index contributed by atoms with van der Waals surface area (Å²) in [5, 5.41) is 10.0. The number of rotatable bonds is 10. The van der Waals surface area contributed by atoms with Gasteiger partial charge in [0.25, 0.3) is 0 Å². The van der Waals surface area contributed by atoms with Crippen LogP contribution < -0.4 is 14.2 Å². The van der Waals surface area contributed by atoms with Gasteiger partial charge in [-0.3, -0.25) is 0 Å². The van der Waals surface area contributed by atoms with E-state index in [0.717, 1.165) is 13.0 Å². The van der Waals surface area contributed by atoms with E-state index in [9.17, 15) is 9.90 Å². The van der Waals surface area contributed by atoms with Crippen molar-refractivity contribution in [1.82, 2.24) is 9.88 Å². The predicted molar refractivity (Wildman–Crippen MR) is 129 cm³/mol. The van der Waals surface area contributed by atoms with Gasteiger partial charge < -0.3 is 24.2 Å². The Labute approximate surface area is 198 Å². The number of carbonyl (C=O) groups is 1. The zero-order chi connectivity index (χ0) is 24.0. The van der Waals surface area contributed by atoms with Crippen molar-refractivity contribution < 1.29 is 24.1 Å². The van der Waals surface area contributed by atoms with Crippen molar-refractivity contribution in [3.05, 3.63) is 59.2 Å². The minimum absolute atomic E-state index is 0.0778. The predicted octanol–water partition coefficient (Wildman–Crippen LogP) is 5.11. The molecule has 8 heteroatoms. The molecule has 0 fully saturated rings. The van der Waals surface area contributed by atoms with Crippen LogP contribution in [0.5, 0.6) is 17.2 Å². The SMILES string of the molecule is COc1cccc(OC)c1-c1ccc(C(=O)O)nc1-c1ccc(Cl)c(OCCCN(C)C)c1. The van der Waals surface area contributed by atoms with E-state index < -0.39 is 5.97 Å². The summed E-state index contributed by atoms with van der Waals surface area (Å²) in [5.41, 5.74) is 2.37. The molecule has 0 spiro atoms. The van der Waals surface area contributed by atoms with E-state index in [1.807, 2.05) is 32.3 Å². The third-order valence-corrected chi connectivity index (χ3v) is 5.34. The van der Waals surface area contributed by atoms with E-state index in [4.69, 9.17) is 25.8 Å². The molecule has 0 radical (unpaired) electrons. The molecule has 3 rings (SSSR count). The van der Waals surface area contributed by atoms with Crippen LogP contribution in [-0.4, -0.2) is 62.4 Å². The molecule has 0 atom stereocenters. The molecule has 1 aromatic heterocycles. The van der Waals surface area contributed by atoms with Crippen LogP contribution in [0.4, 0.5) is 0 Å². The van der Waals surface area contributed by atoms with Gasteiger partial charge in [0.2, 0.25) is 0 Å². The molecule has 2 aromatic carbocycles. The monoisotopic (exact) mass is 470 g/mol. The summed E-state index contributed by atoms with van der Waals surface area (Å²) >= 11 is 6.37. The van der Waals surface area contributed by atoms with Crippen LogP contribution >= 0.6 is 11.6 Å². The fraction of sp³-hybridized carbons (Fsp3) is 0.280. The zero-order valence-electron chi connectivity index (χ0n) is 19.1. The highest BCUT2D eigenvalue weighted by Gasteiger charge is 2.20. The summed E-state index contributed by atoms with van der Waals surface area (Å²) in [6.07, 6.45) is 0.837. The molecular weight excluding hydrogens is 444 g/mol. The Hall–Kier alpha value is -3.29. The van der Waals surface area contributed by atoms with Crippen LogP contribution in [0.25, 0.3) is 22.4 Å². The number of nitrogens with zero attached hydrogens (tertiary/aromatic N) is 2. The maximum atomic E-state index is 11.7. The molecule has 0 aliphatic heterocycles. The maximum Gasteiger partial charge on any atom is 0.354 e. The fourth-order valence-electron chi connectivity index (χ4n) is 3.44. The van der Waals surface area contributed by atoms with Crippen molar-refractivity contribution in [3.63, 3.8) is 0 Å².